The van der Waals surface area contributed by atoms with Gasteiger partial charge in [0.1, 0.15) is 18.2 Å². The van der Waals surface area contributed by atoms with Crippen molar-refractivity contribution >= 4 is 17.7 Å². The van der Waals surface area contributed by atoms with Gasteiger partial charge in [-0.15, -0.1) is 0 Å². The van der Waals surface area contributed by atoms with E-state index in [9.17, 15) is 4.79 Å². The van der Waals surface area contributed by atoms with E-state index in [1.165, 1.54) is 6.33 Å². The maximum Gasteiger partial charge on any atom is 0.257 e. The number of aryl methyl sites for hydroxylation is 2. The number of benzene rings is 2. The minimum Gasteiger partial charge on any atom is -0.327 e. The molecule has 0 aliphatic carbocycles. The average molecular weight is 531 g/mol. The molecule has 1 aliphatic heterocycles. The Hall–Kier alpha value is -5.05. The summed E-state index contributed by atoms with van der Waals surface area (Å²) in [6.07, 6.45) is 5.23. The third-order valence-electron chi connectivity index (χ3n) is 6.99. The molecule has 0 fully saturated rings. The summed E-state index contributed by atoms with van der Waals surface area (Å²) < 4.78 is 3.61. The second-order valence-electron chi connectivity index (χ2n) is 10.3. The standard InChI is InChI=1S/C31H30N8O/c1-19(2)27-26(30(40)35-25-15-12-21(4)16-32-25)29(39-31(36-27)33-18-34-39)24-17-38(23-8-6-5-7-9-23)37-28(24)22-13-10-20(3)11-14-22/h5-19,29H,1-4H3,(H,32,35,40)(H,33,34,36). The van der Waals surface area contributed by atoms with Gasteiger partial charge in [-0.05, 0) is 43.5 Å². The highest BCUT2D eigenvalue weighted by Crippen LogP contribution is 2.41. The van der Waals surface area contributed by atoms with Crippen LogP contribution in [0.15, 0.2) is 96.7 Å². The number of amides is 1. The van der Waals surface area contributed by atoms with E-state index < -0.39 is 6.04 Å². The molecule has 2 aromatic carbocycles. The molecular formula is C31H30N8O. The molecule has 0 radical (unpaired) electrons. The van der Waals surface area contributed by atoms with Crippen LogP contribution in [0.4, 0.5) is 11.8 Å². The number of anilines is 2. The fraction of sp³-hybridized carbons (Fsp3) is 0.194. The van der Waals surface area contributed by atoms with E-state index >= 15 is 0 Å². The summed E-state index contributed by atoms with van der Waals surface area (Å²) in [5, 5.41) is 16.0. The summed E-state index contributed by atoms with van der Waals surface area (Å²) in [7, 11) is 0. The van der Waals surface area contributed by atoms with Crippen LogP contribution in [0.5, 0.6) is 0 Å². The van der Waals surface area contributed by atoms with E-state index in [-0.39, 0.29) is 11.8 Å². The van der Waals surface area contributed by atoms with Crippen molar-refractivity contribution in [2.45, 2.75) is 33.7 Å². The van der Waals surface area contributed by atoms with Crippen molar-refractivity contribution in [3.63, 3.8) is 0 Å². The van der Waals surface area contributed by atoms with E-state index in [2.05, 4.69) is 70.7 Å². The largest absolute Gasteiger partial charge is 0.327 e. The highest BCUT2D eigenvalue weighted by molar-refractivity contribution is 6.05. The minimum atomic E-state index is -0.588. The molecule has 5 aromatic rings. The van der Waals surface area contributed by atoms with E-state index in [1.54, 1.807) is 16.9 Å². The number of rotatable bonds is 6. The first kappa shape index (κ1) is 25.2. The number of fused-ring (bicyclic) bond motifs is 1. The molecule has 1 amide bonds. The van der Waals surface area contributed by atoms with E-state index in [1.807, 2.05) is 54.2 Å². The number of nitrogens with zero attached hydrogens (tertiary/aromatic N) is 6. The Morgan fingerprint density at radius 3 is 2.40 bits per heavy atom. The van der Waals surface area contributed by atoms with Gasteiger partial charge in [0.15, 0.2) is 0 Å². The van der Waals surface area contributed by atoms with Gasteiger partial charge in [-0.2, -0.15) is 15.2 Å². The Morgan fingerprint density at radius 1 is 0.950 bits per heavy atom. The van der Waals surface area contributed by atoms with Gasteiger partial charge in [-0.25, -0.2) is 14.3 Å². The molecule has 1 unspecified atom stereocenters. The van der Waals surface area contributed by atoms with Crippen LogP contribution < -0.4 is 10.6 Å². The second kappa shape index (κ2) is 10.3. The maximum atomic E-state index is 14.1. The minimum absolute atomic E-state index is 0.00618. The Balaban J connectivity index is 1.56. The van der Waals surface area contributed by atoms with Gasteiger partial charge in [0, 0.05) is 29.2 Å². The fourth-order valence-electron chi connectivity index (χ4n) is 4.94. The van der Waals surface area contributed by atoms with Crippen LogP contribution in [0.25, 0.3) is 16.9 Å². The van der Waals surface area contributed by atoms with Crippen molar-refractivity contribution in [2.75, 3.05) is 10.6 Å². The van der Waals surface area contributed by atoms with Crippen LogP contribution in [-0.4, -0.2) is 35.4 Å². The number of nitrogens with one attached hydrogen (secondary N) is 2. The van der Waals surface area contributed by atoms with Crippen molar-refractivity contribution in [1.29, 1.82) is 0 Å². The smallest absolute Gasteiger partial charge is 0.257 e. The van der Waals surface area contributed by atoms with Crippen molar-refractivity contribution in [3.8, 4) is 16.9 Å². The number of carbonyl (C=O) groups excluding carboxylic acids is 1. The molecule has 6 rings (SSSR count). The van der Waals surface area contributed by atoms with Gasteiger partial charge in [-0.3, -0.25) is 4.79 Å². The van der Waals surface area contributed by atoms with E-state index in [4.69, 9.17) is 5.10 Å². The van der Waals surface area contributed by atoms with Gasteiger partial charge < -0.3 is 10.6 Å². The van der Waals surface area contributed by atoms with Gasteiger partial charge in [-0.1, -0.05) is 67.9 Å². The molecule has 3 aromatic heterocycles. The molecule has 4 heterocycles. The lowest BCUT2D eigenvalue weighted by Crippen LogP contribution is -2.33. The SMILES string of the molecule is Cc1ccc(-c2nn(-c3ccccc3)cc2C2C(C(=O)Nc3ccc(C)cn3)=C(C(C)C)Nc3ncnn32)cc1. The van der Waals surface area contributed by atoms with Crippen LogP contribution in [0.1, 0.15) is 36.6 Å². The monoisotopic (exact) mass is 530 g/mol. The molecule has 40 heavy (non-hydrogen) atoms. The van der Waals surface area contributed by atoms with Gasteiger partial charge >= 0.3 is 0 Å². The molecule has 2 N–H and O–H groups in total. The first-order chi connectivity index (χ1) is 19.4. The van der Waals surface area contributed by atoms with Crippen LogP contribution in [0.3, 0.4) is 0 Å². The van der Waals surface area contributed by atoms with Crippen molar-refractivity contribution in [2.24, 2.45) is 5.92 Å². The van der Waals surface area contributed by atoms with E-state index in [0.29, 0.717) is 17.3 Å². The third-order valence-corrected chi connectivity index (χ3v) is 6.99. The summed E-state index contributed by atoms with van der Waals surface area (Å²) >= 11 is 0. The van der Waals surface area contributed by atoms with Gasteiger partial charge in [0.25, 0.3) is 5.91 Å². The van der Waals surface area contributed by atoms with Crippen molar-refractivity contribution < 1.29 is 4.79 Å². The molecule has 200 valence electrons. The normalized spacial score (nSPS) is 14.7. The molecule has 0 spiro atoms. The molecule has 0 bridgehead atoms. The molecule has 9 nitrogen and oxygen atoms in total. The maximum absolute atomic E-state index is 14.1. The molecule has 1 atom stereocenters. The molecule has 0 saturated heterocycles. The van der Waals surface area contributed by atoms with Gasteiger partial charge in [0.05, 0.1) is 17.0 Å². The second-order valence-corrected chi connectivity index (χ2v) is 10.3. The van der Waals surface area contributed by atoms with Crippen LogP contribution in [0, 0.1) is 19.8 Å². The zero-order valence-electron chi connectivity index (χ0n) is 22.8. The highest BCUT2D eigenvalue weighted by atomic mass is 16.1. The lowest BCUT2D eigenvalue weighted by molar-refractivity contribution is -0.113. The molecule has 9 heteroatoms. The Kier molecular flexibility index (Phi) is 6.47. The number of hydrogen-bond donors (Lipinski definition) is 2. The third kappa shape index (κ3) is 4.66. The first-order valence-electron chi connectivity index (χ1n) is 13.3. The lowest BCUT2D eigenvalue weighted by Gasteiger charge is -2.31. The molecule has 0 saturated carbocycles. The predicted octanol–water partition coefficient (Wildman–Crippen LogP) is 5.71. The summed E-state index contributed by atoms with van der Waals surface area (Å²) in [4.78, 5) is 23.0. The van der Waals surface area contributed by atoms with Crippen molar-refractivity contribution in [1.82, 2.24) is 29.5 Å². The zero-order chi connectivity index (χ0) is 27.8. The summed E-state index contributed by atoms with van der Waals surface area (Å²) in [5.74, 6) is 0.793. The Bertz CT molecular complexity index is 1700. The predicted molar refractivity (Wildman–Crippen MR) is 155 cm³/mol. The summed E-state index contributed by atoms with van der Waals surface area (Å²) in [6.45, 7) is 8.12. The molecular weight excluding hydrogens is 500 g/mol. The number of para-hydroxylation sites is 1. The molecule has 1 aliphatic rings. The number of allylic oxidation sites excluding steroid dienone is 1. The van der Waals surface area contributed by atoms with Crippen LogP contribution in [-0.2, 0) is 4.79 Å². The lowest BCUT2D eigenvalue weighted by atomic mass is 9.90. The van der Waals surface area contributed by atoms with Crippen molar-refractivity contribution in [3.05, 3.63) is 113 Å². The van der Waals surface area contributed by atoms with Crippen LogP contribution >= 0.6 is 0 Å². The quantitative estimate of drug-likeness (QED) is 0.292. The number of carbonyl (C=O) groups is 1. The number of pyridine rings is 1. The Labute approximate surface area is 232 Å². The topological polar surface area (TPSA) is 103 Å². The summed E-state index contributed by atoms with van der Waals surface area (Å²) in [5.41, 5.74) is 6.94. The number of hydrogen-bond acceptors (Lipinski definition) is 6. The van der Waals surface area contributed by atoms with Gasteiger partial charge in [0.2, 0.25) is 5.95 Å². The number of aromatic nitrogens is 6. The Morgan fingerprint density at radius 2 is 1.70 bits per heavy atom. The first-order valence-corrected chi connectivity index (χ1v) is 13.3. The van der Waals surface area contributed by atoms with Crippen LogP contribution in [0.2, 0.25) is 0 Å². The zero-order valence-corrected chi connectivity index (χ0v) is 22.8. The summed E-state index contributed by atoms with van der Waals surface area (Å²) in [6, 6.07) is 21.3. The fourth-order valence-corrected chi connectivity index (χ4v) is 4.94. The average Bonchev–Trinajstić information content (AvgIpc) is 3.62. The van der Waals surface area contributed by atoms with E-state index in [0.717, 1.165) is 39.3 Å². The highest BCUT2D eigenvalue weighted by Gasteiger charge is 2.38.